The first-order valence-corrected chi connectivity index (χ1v) is 10.2. The van der Waals surface area contributed by atoms with Crippen LogP contribution in [0.15, 0.2) is 69.3 Å². The quantitative estimate of drug-likeness (QED) is 0.214. The molecule has 3 N–H and O–H groups in total. The number of nitro benzene ring substituents is 1. The van der Waals surface area contributed by atoms with Crippen LogP contribution >= 0.6 is 0 Å². The molecule has 0 amide bonds. The maximum Gasteiger partial charge on any atom is 0.329 e. The molecule has 2 aromatic carbocycles. The number of aromatic nitrogens is 4. The van der Waals surface area contributed by atoms with Crippen LogP contribution in [-0.2, 0) is 13.6 Å². The second-order valence-corrected chi connectivity index (χ2v) is 7.58. The highest BCUT2D eigenvalue weighted by Gasteiger charge is 2.20. The number of hydrogen-bond acceptors (Lipinski definition) is 8. The second-order valence-electron chi connectivity index (χ2n) is 7.58. The average molecular weight is 463 g/mol. The van der Waals surface area contributed by atoms with Gasteiger partial charge in [0.05, 0.1) is 23.3 Å². The van der Waals surface area contributed by atoms with Gasteiger partial charge < -0.3 is 5.11 Å². The van der Waals surface area contributed by atoms with Crippen molar-refractivity contribution in [2.45, 2.75) is 19.6 Å². The van der Waals surface area contributed by atoms with Crippen LogP contribution in [0.25, 0.3) is 11.2 Å². The molecular formula is C22H21N7O5. The van der Waals surface area contributed by atoms with Gasteiger partial charge in [-0.05, 0) is 30.2 Å². The summed E-state index contributed by atoms with van der Waals surface area (Å²) < 4.78 is 2.65. The lowest BCUT2D eigenvalue weighted by molar-refractivity contribution is -0.384. The van der Waals surface area contributed by atoms with E-state index in [1.54, 1.807) is 43.3 Å². The fraction of sp³-hybridized carbons (Fsp3) is 0.182. The van der Waals surface area contributed by atoms with Gasteiger partial charge in [0.2, 0.25) is 5.95 Å². The fourth-order valence-electron chi connectivity index (χ4n) is 3.47. The number of hydrogen-bond donors (Lipinski definition) is 3. The summed E-state index contributed by atoms with van der Waals surface area (Å²) in [6.07, 6.45) is -0.962. The zero-order valence-electron chi connectivity index (χ0n) is 18.3. The second kappa shape index (κ2) is 9.11. The minimum absolute atomic E-state index is 0.0315. The first-order valence-electron chi connectivity index (χ1n) is 10.2. The number of nitro groups is 1. The maximum absolute atomic E-state index is 12.6. The van der Waals surface area contributed by atoms with Gasteiger partial charge in [0.1, 0.15) is 0 Å². The van der Waals surface area contributed by atoms with Crippen molar-refractivity contribution < 1.29 is 10.0 Å². The van der Waals surface area contributed by atoms with Crippen LogP contribution in [0.3, 0.4) is 0 Å². The van der Waals surface area contributed by atoms with Crippen LogP contribution in [-0.4, -0.2) is 34.8 Å². The van der Waals surface area contributed by atoms with Crippen LogP contribution < -0.4 is 16.7 Å². The average Bonchev–Trinajstić information content (AvgIpc) is 3.20. The number of H-pyrrole nitrogens is 1. The molecule has 0 aliphatic heterocycles. The number of hydrazone groups is 1. The lowest BCUT2D eigenvalue weighted by Gasteiger charge is -2.14. The summed E-state index contributed by atoms with van der Waals surface area (Å²) in [4.78, 5) is 41.7. The van der Waals surface area contributed by atoms with Gasteiger partial charge >= 0.3 is 5.69 Å². The molecule has 174 valence electrons. The van der Waals surface area contributed by atoms with E-state index in [-0.39, 0.29) is 29.3 Å². The van der Waals surface area contributed by atoms with Gasteiger partial charge in [0.25, 0.3) is 11.2 Å². The summed E-state index contributed by atoms with van der Waals surface area (Å²) >= 11 is 0. The van der Waals surface area contributed by atoms with E-state index in [1.165, 1.54) is 28.3 Å². The van der Waals surface area contributed by atoms with Crippen molar-refractivity contribution in [2.24, 2.45) is 12.1 Å². The number of anilines is 1. The van der Waals surface area contributed by atoms with E-state index < -0.39 is 22.3 Å². The Morgan fingerprint density at radius 2 is 1.88 bits per heavy atom. The van der Waals surface area contributed by atoms with Crippen molar-refractivity contribution in [3.63, 3.8) is 0 Å². The number of aromatic amines is 1. The number of aliphatic hydroxyl groups excluding tert-OH is 1. The van der Waals surface area contributed by atoms with E-state index in [0.717, 1.165) is 0 Å². The Bertz CT molecular complexity index is 1500. The minimum Gasteiger partial charge on any atom is -0.387 e. The summed E-state index contributed by atoms with van der Waals surface area (Å²) in [6, 6.07) is 14.8. The Labute approximate surface area is 192 Å². The smallest absolute Gasteiger partial charge is 0.329 e. The fourth-order valence-corrected chi connectivity index (χ4v) is 3.47. The molecule has 0 saturated heterocycles. The molecular weight excluding hydrogens is 442 g/mol. The molecule has 0 bridgehead atoms. The van der Waals surface area contributed by atoms with Crippen LogP contribution in [0.5, 0.6) is 0 Å². The van der Waals surface area contributed by atoms with Crippen LogP contribution in [0.1, 0.15) is 24.2 Å². The molecule has 1 atom stereocenters. The first-order chi connectivity index (χ1) is 16.3. The van der Waals surface area contributed by atoms with Crippen LogP contribution in [0.4, 0.5) is 11.6 Å². The van der Waals surface area contributed by atoms with Crippen molar-refractivity contribution in [1.82, 2.24) is 19.1 Å². The predicted molar refractivity (Wildman–Crippen MR) is 126 cm³/mol. The third-order valence-corrected chi connectivity index (χ3v) is 5.37. The molecule has 0 fully saturated rings. The van der Waals surface area contributed by atoms with Gasteiger partial charge in [-0.3, -0.25) is 29.0 Å². The summed E-state index contributed by atoms with van der Waals surface area (Å²) in [5.74, 6) is 0.137. The Morgan fingerprint density at radius 3 is 2.53 bits per heavy atom. The highest BCUT2D eigenvalue weighted by atomic mass is 16.6. The number of nitrogens with zero attached hydrogens (tertiary/aromatic N) is 5. The number of benzene rings is 2. The van der Waals surface area contributed by atoms with Gasteiger partial charge in [-0.25, -0.2) is 10.2 Å². The van der Waals surface area contributed by atoms with E-state index in [0.29, 0.717) is 16.8 Å². The molecule has 0 aliphatic rings. The molecule has 2 heterocycles. The van der Waals surface area contributed by atoms with Crippen molar-refractivity contribution in [1.29, 1.82) is 0 Å². The normalized spacial score (nSPS) is 12.6. The summed E-state index contributed by atoms with van der Waals surface area (Å²) in [6.45, 7) is 1.67. The lowest BCUT2D eigenvalue weighted by Crippen LogP contribution is -2.29. The van der Waals surface area contributed by atoms with Gasteiger partial charge in [-0.15, -0.1) is 0 Å². The standard InChI is InChI=1S/C22H21N7O5/c1-13(14-8-10-16(11-9-14)29(33)34)25-26-21-23-19-18(20(31)24-22(32)27(19)2)28(21)12-17(30)15-6-4-3-5-7-15/h3-11,17,30H,12H2,1-2H3,(H,23,26)(H,24,31,32). The number of nitrogens with one attached hydrogen (secondary N) is 2. The number of rotatable bonds is 7. The maximum atomic E-state index is 12.6. The van der Waals surface area contributed by atoms with Crippen LogP contribution in [0.2, 0.25) is 0 Å². The van der Waals surface area contributed by atoms with Gasteiger partial charge in [-0.1, -0.05) is 30.3 Å². The highest BCUT2D eigenvalue weighted by molar-refractivity contribution is 5.99. The third-order valence-electron chi connectivity index (χ3n) is 5.37. The predicted octanol–water partition coefficient (Wildman–Crippen LogP) is 1.90. The number of non-ortho nitro benzene ring substituents is 1. The van der Waals surface area contributed by atoms with E-state index in [9.17, 15) is 24.8 Å². The highest BCUT2D eigenvalue weighted by Crippen LogP contribution is 2.22. The molecule has 2 aromatic heterocycles. The summed E-state index contributed by atoms with van der Waals surface area (Å²) in [7, 11) is 1.47. The molecule has 4 rings (SSSR count). The number of aliphatic hydroxyl groups is 1. The number of fused-ring (bicyclic) bond motifs is 1. The van der Waals surface area contributed by atoms with E-state index in [2.05, 4.69) is 20.5 Å². The lowest BCUT2D eigenvalue weighted by atomic mass is 10.1. The van der Waals surface area contributed by atoms with E-state index >= 15 is 0 Å². The van der Waals surface area contributed by atoms with E-state index in [1.807, 2.05) is 6.07 Å². The topological polar surface area (TPSA) is 160 Å². The molecule has 34 heavy (non-hydrogen) atoms. The monoisotopic (exact) mass is 463 g/mol. The van der Waals surface area contributed by atoms with Crippen molar-refractivity contribution in [2.75, 3.05) is 5.43 Å². The molecule has 1 unspecified atom stereocenters. The first kappa shape index (κ1) is 22.6. The molecule has 0 saturated carbocycles. The van der Waals surface area contributed by atoms with Crippen LogP contribution in [0, 0.1) is 10.1 Å². The largest absolute Gasteiger partial charge is 0.387 e. The molecule has 0 aliphatic carbocycles. The molecule has 12 nitrogen and oxygen atoms in total. The zero-order valence-corrected chi connectivity index (χ0v) is 18.3. The number of imidazole rings is 1. The third kappa shape index (κ3) is 4.34. The zero-order chi connectivity index (χ0) is 24.4. The van der Waals surface area contributed by atoms with E-state index in [4.69, 9.17) is 0 Å². The van der Waals surface area contributed by atoms with Gasteiger partial charge in [-0.2, -0.15) is 10.1 Å². The SMILES string of the molecule is CC(=NNc1nc2c(c(=O)[nH]c(=O)n2C)n1CC(O)c1ccccc1)c1ccc([N+](=O)[O-])cc1. The van der Waals surface area contributed by atoms with Crippen molar-refractivity contribution in [3.8, 4) is 0 Å². The number of aryl methyl sites for hydroxylation is 1. The van der Waals surface area contributed by atoms with Gasteiger partial charge in [0.15, 0.2) is 11.2 Å². The molecule has 0 radical (unpaired) electrons. The summed E-state index contributed by atoms with van der Waals surface area (Å²) in [5.41, 5.74) is 3.49. The Morgan fingerprint density at radius 1 is 1.21 bits per heavy atom. The Hall–Kier alpha value is -4.58. The summed E-state index contributed by atoms with van der Waals surface area (Å²) in [5, 5.41) is 25.9. The Kier molecular flexibility index (Phi) is 6.06. The Balaban J connectivity index is 1.74. The minimum atomic E-state index is -0.962. The van der Waals surface area contributed by atoms with Gasteiger partial charge in [0, 0.05) is 19.2 Å². The van der Waals surface area contributed by atoms with Crippen molar-refractivity contribution in [3.05, 3.63) is 96.7 Å². The molecule has 0 spiro atoms. The molecule has 12 heteroatoms. The van der Waals surface area contributed by atoms with Crippen molar-refractivity contribution >= 4 is 28.5 Å². The molecule has 4 aromatic rings.